The van der Waals surface area contributed by atoms with Crippen molar-refractivity contribution in [3.05, 3.63) is 61.2 Å². The van der Waals surface area contributed by atoms with Crippen molar-refractivity contribution in [1.29, 1.82) is 0 Å². The van der Waals surface area contributed by atoms with E-state index in [1.807, 2.05) is 4.90 Å². The number of nitrogens with zero attached hydrogens (tertiary/aromatic N) is 6. The summed E-state index contributed by atoms with van der Waals surface area (Å²) in [6.45, 7) is 4.61. The average molecular weight is 488 g/mol. The van der Waals surface area contributed by atoms with E-state index >= 15 is 0 Å². The van der Waals surface area contributed by atoms with Crippen molar-refractivity contribution in [1.82, 2.24) is 34.7 Å². The molecule has 1 atom stereocenters. The van der Waals surface area contributed by atoms with E-state index < -0.39 is 0 Å². The van der Waals surface area contributed by atoms with E-state index in [1.54, 1.807) is 54.6 Å². The molecule has 4 aromatic rings. The maximum absolute atomic E-state index is 13.1. The number of hydrogen-bond acceptors (Lipinski definition) is 8. The Morgan fingerprint density at radius 3 is 2.83 bits per heavy atom. The number of likely N-dealkylation sites (tertiary alicyclic amines) is 1. The molecule has 5 rings (SSSR count). The molecule has 12 nitrogen and oxygen atoms in total. The van der Waals surface area contributed by atoms with E-state index in [4.69, 9.17) is 4.74 Å². The first kappa shape index (κ1) is 23.0. The van der Waals surface area contributed by atoms with Crippen LogP contribution in [0.25, 0.3) is 16.9 Å². The summed E-state index contributed by atoms with van der Waals surface area (Å²) in [6, 6.07) is 6.80. The van der Waals surface area contributed by atoms with Gasteiger partial charge in [-0.3, -0.25) is 14.7 Å². The van der Waals surface area contributed by atoms with E-state index in [0.717, 1.165) is 18.4 Å². The van der Waals surface area contributed by atoms with Gasteiger partial charge < -0.3 is 20.3 Å². The minimum atomic E-state index is -0.300. The largest absolute Gasteiger partial charge is 0.491 e. The second-order valence-corrected chi connectivity index (χ2v) is 8.32. The van der Waals surface area contributed by atoms with Gasteiger partial charge in [0.25, 0.3) is 5.91 Å². The third-order valence-electron chi connectivity index (χ3n) is 5.95. The first-order valence-corrected chi connectivity index (χ1v) is 11.4. The Balaban J connectivity index is 1.29. The molecule has 12 heteroatoms. The number of nitrogens with one attached hydrogen (secondary N) is 3. The van der Waals surface area contributed by atoms with E-state index in [1.165, 1.54) is 6.08 Å². The zero-order valence-corrected chi connectivity index (χ0v) is 19.6. The first-order valence-electron chi connectivity index (χ1n) is 11.4. The Kier molecular flexibility index (Phi) is 6.31. The minimum absolute atomic E-state index is 0.0152. The molecule has 1 unspecified atom stereocenters. The third kappa shape index (κ3) is 4.60. The summed E-state index contributed by atoms with van der Waals surface area (Å²) in [5.41, 5.74) is 3.08. The number of H-pyrrole nitrogens is 1. The molecule has 1 fully saturated rings. The summed E-state index contributed by atoms with van der Waals surface area (Å²) < 4.78 is 7.14. The van der Waals surface area contributed by atoms with Crippen LogP contribution in [-0.2, 0) is 4.79 Å². The van der Waals surface area contributed by atoms with Crippen LogP contribution >= 0.6 is 0 Å². The molecule has 0 bridgehead atoms. The summed E-state index contributed by atoms with van der Waals surface area (Å²) in [5, 5.41) is 17.3. The van der Waals surface area contributed by atoms with Crippen molar-refractivity contribution < 1.29 is 14.3 Å². The van der Waals surface area contributed by atoms with Gasteiger partial charge >= 0.3 is 0 Å². The van der Waals surface area contributed by atoms with Crippen molar-refractivity contribution in [3.8, 4) is 17.0 Å². The molecule has 0 saturated carbocycles. The van der Waals surface area contributed by atoms with E-state index in [-0.39, 0.29) is 17.9 Å². The van der Waals surface area contributed by atoms with Gasteiger partial charge in [-0.05, 0) is 43.2 Å². The van der Waals surface area contributed by atoms with Crippen molar-refractivity contribution in [2.45, 2.75) is 18.9 Å². The number of anilines is 2. The number of hydrogen-bond donors (Lipinski definition) is 3. The second-order valence-electron chi connectivity index (χ2n) is 8.32. The van der Waals surface area contributed by atoms with Crippen LogP contribution < -0.4 is 15.4 Å². The van der Waals surface area contributed by atoms with E-state index in [2.05, 4.69) is 42.5 Å². The van der Waals surface area contributed by atoms with Crippen LogP contribution in [0.5, 0.6) is 5.75 Å². The van der Waals surface area contributed by atoms with Crippen LogP contribution in [0.1, 0.15) is 23.2 Å². The zero-order valence-electron chi connectivity index (χ0n) is 19.6. The lowest BCUT2D eigenvalue weighted by atomic mass is 10.0. The van der Waals surface area contributed by atoms with Crippen LogP contribution in [-0.4, -0.2) is 72.7 Å². The molecule has 3 N–H and O–H groups in total. The molecule has 2 amide bonds. The van der Waals surface area contributed by atoms with Crippen molar-refractivity contribution >= 4 is 29.1 Å². The molecular formula is C24H25N9O3. The summed E-state index contributed by atoms with van der Waals surface area (Å²) in [5.74, 6) is 0.557. The van der Waals surface area contributed by atoms with Gasteiger partial charge in [-0.1, -0.05) is 6.58 Å². The maximum Gasteiger partial charge on any atom is 0.253 e. The van der Waals surface area contributed by atoms with Crippen LogP contribution in [0, 0.1) is 0 Å². The van der Waals surface area contributed by atoms with Crippen molar-refractivity contribution in [2.24, 2.45) is 0 Å². The molecule has 1 aliphatic heterocycles. The Hall–Kier alpha value is -4.74. The zero-order chi connectivity index (χ0) is 25.1. The third-order valence-corrected chi connectivity index (χ3v) is 5.95. The molecule has 1 aromatic carbocycles. The normalized spacial score (nSPS) is 15.5. The van der Waals surface area contributed by atoms with Crippen LogP contribution in [0.3, 0.4) is 0 Å². The highest BCUT2D eigenvalue weighted by atomic mass is 16.5. The Morgan fingerprint density at radius 2 is 2.11 bits per heavy atom. The maximum atomic E-state index is 13.1. The van der Waals surface area contributed by atoms with Gasteiger partial charge in [0.15, 0.2) is 5.75 Å². The number of fused-ring (bicyclic) bond motifs is 1. The summed E-state index contributed by atoms with van der Waals surface area (Å²) >= 11 is 0. The standard InChI is InChI=1S/C24H25N9O3/c1-3-19(34)28-17-8-6-15(7-9-17)23(35)32-10-4-5-18(13-32)29-24-30-22-21(36-2)20(16-11-26-27-12-16)25-14-33(22)31-24/h3,6-9,11-12,14,18H,1,4-5,10,13H2,2H3,(H,26,27)(H,28,34)(H,29,31). The molecule has 36 heavy (non-hydrogen) atoms. The number of carbonyl (C=O) groups is 2. The van der Waals surface area contributed by atoms with Gasteiger partial charge in [0.1, 0.15) is 12.0 Å². The fourth-order valence-electron chi connectivity index (χ4n) is 4.20. The number of ether oxygens (including phenoxy) is 1. The minimum Gasteiger partial charge on any atom is -0.491 e. The molecule has 1 saturated heterocycles. The van der Waals surface area contributed by atoms with Gasteiger partial charge in [-0.2, -0.15) is 14.6 Å². The first-order chi connectivity index (χ1) is 17.6. The van der Waals surface area contributed by atoms with Gasteiger partial charge in [0, 0.05) is 42.1 Å². The lowest BCUT2D eigenvalue weighted by molar-refractivity contribution is -0.111. The molecule has 1 aliphatic rings. The highest BCUT2D eigenvalue weighted by Crippen LogP contribution is 2.30. The summed E-state index contributed by atoms with van der Waals surface area (Å²) in [7, 11) is 1.56. The number of amides is 2. The highest BCUT2D eigenvalue weighted by Gasteiger charge is 2.26. The van der Waals surface area contributed by atoms with Crippen molar-refractivity contribution in [3.63, 3.8) is 0 Å². The number of methoxy groups -OCH3 is 1. The molecule has 0 radical (unpaired) electrons. The molecule has 184 valence electrons. The van der Waals surface area contributed by atoms with Gasteiger partial charge in [0.2, 0.25) is 17.5 Å². The number of aromatic amines is 1. The number of benzene rings is 1. The topological polar surface area (TPSA) is 142 Å². The number of rotatable bonds is 7. The molecule has 3 aromatic heterocycles. The molecule has 0 aliphatic carbocycles. The lowest BCUT2D eigenvalue weighted by Crippen LogP contribution is -2.45. The fraction of sp³-hybridized carbons (Fsp3) is 0.250. The van der Waals surface area contributed by atoms with Gasteiger partial charge in [-0.25, -0.2) is 4.98 Å². The predicted octanol–water partition coefficient (Wildman–Crippen LogP) is 2.36. The quantitative estimate of drug-likeness (QED) is 0.337. The Bertz CT molecular complexity index is 1400. The summed E-state index contributed by atoms with van der Waals surface area (Å²) in [4.78, 5) is 35.4. The van der Waals surface area contributed by atoms with Crippen LogP contribution in [0.15, 0.2) is 55.6 Å². The van der Waals surface area contributed by atoms with Crippen LogP contribution in [0.2, 0.25) is 0 Å². The summed E-state index contributed by atoms with van der Waals surface area (Å²) in [6.07, 6.45) is 7.89. The van der Waals surface area contributed by atoms with Gasteiger partial charge in [0.05, 0.1) is 13.3 Å². The molecule has 0 spiro atoms. The second kappa shape index (κ2) is 9.86. The lowest BCUT2D eigenvalue weighted by Gasteiger charge is -2.33. The van der Waals surface area contributed by atoms with E-state index in [9.17, 15) is 9.59 Å². The number of carbonyl (C=O) groups excluding carboxylic acids is 2. The predicted molar refractivity (Wildman–Crippen MR) is 133 cm³/mol. The average Bonchev–Trinajstić information content (AvgIpc) is 3.58. The number of piperidine rings is 1. The number of aromatic nitrogens is 6. The molecule has 4 heterocycles. The fourth-order valence-corrected chi connectivity index (χ4v) is 4.20. The van der Waals surface area contributed by atoms with Gasteiger partial charge in [-0.15, -0.1) is 5.10 Å². The monoisotopic (exact) mass is 487 g/mol. The van der Waals surface area contributed by atoms with E-state index in [0.29, 0.717) is 47.4 Å². The SMILES string of the molecule is C=CC(=O)Nc1ccc(C(=O)N2CCCC(Nc3nc4c(OC)c(-c5cn[nH]c5)ncn4n3)C2)cc1. The Labute approximate surface area is 206 Å². The Morgan fingerprint density at radius 1 is 1.28 bits per heavy atom. The van der Waals surface area contributed by atoms with Crippen molar-refractivity contribution in [2.75, 3.05) is 30.8 Å². The smallest absolute Gasteiger partial charge is 0.253 e. The van der Waals surface area contributed by atoms with Crippen LogP contribution in [0.4, 0.5) is 11.6 Å². The highest BCUT2D eigenvalue weighted by molar-refractivity contribution is 5.99. The molecular weight excluding hydrogens is 462 g/mol.